The molecular formula is C12H15N3O2S. The van der Waals surface area contributed by atoms with Crippen molar-refractivity contribution in [1.82, 2.24) is 14.7 Å². The lowest BCUT2D eigenvalue weighted by Crippen LogP contribution is -2.35. The predicted molar refractivity (Wildman–Crippen MR) is 68.8 cm³/mol. The molecule has 0 bridgehead atoms. The number of nitrogens with one attached hydrogen (secondary N) is 1. The monoisotopic (exact) mass is 265 g/mol. The fourth-order valence-electron chi connectivity index (χ4n) is 2.11. The Morgan fingerprint density at radius 3 is 3.39 bits per heavy atom. The van der Waals surface area contributed by atoms with Gasteiger partial charge in [-0.1, -0.05) is 0 Å². The van der Waals surface area contributed by atoms with Crippen LogP contribution in [-0.2, 0) is 16.0 Å². The van der Waals surface area contributed by atoms with Crippen LogP contribution in [-0.4, -0.2) is 34.5 Å². The van der Waals surface area contributed by atoms with E-state index < -0.39 is 0 Å². The molecule has 6 heteroatoms. The zero-order chi connectivity index (χ0) is 12.4. The number of aromatic nitrogens is 2. The van der Waals surface area contributed by atoms with Crippen LogP contribution >= 0.6 is 11.3 Å². The van der Waals surface area contributed by atoms with E-state index in [-0.39, 0.29) is 12.0 Å². The van der Waals surface area contributed by atoms with Crippen molar-refractivity contribution in [2.75, 3.05) is 13.2 Å². The molecule has 0 radical (unpaired) electrons. The van der Waals surface area contributed by atoms with Gasteiger partial charge in [-0.2, -0.15) is 0 Å². The smallest absolute Gasteiger partial charge is 0.249 e. The van der Waals surface area contributed by atoms with Gasteiger partial charge in [0.15, 0.2) is 4.96 Å². The quantitative estimate of drug-likeness (QED) is 0.904. The molecule has 2 aromatic heterocycles. The maximum absolute atomic E-state index is 11.7. The zero-order valence-corrected chi connectivity index (χ0v) is 10.8. The number of carbonyl (C=O) groups is 1. The Morgan fingerprint density at radius 2 is 2.61 bits per heavy atom. The number of rotatable bonds is 4. The van der Waals surface area contributed by atoms with Gasteiger partial charge in [-0.15, -0.1) is 11.3 Å². The molecule has 1 atom stereocenters. The second kappa shape index (κ2) is 5.07. The van der Waals surface area contributed by atoms with Gasteiger partial charge < -0.3 is 10.1 Å². The lowest BCUT2D eigenvalue weighted by molar-refractivity contribution is -0.129. The van der Waals surface area contributed by atoms with Gasteiger partial charge in [-0.05, 0) is 12.8 Å². The van der Waals surface area contributed by atoms with E-state index in [0.717, 1.165) is 29.9 Å². The highest BCUT2D eigenvalue weighted by molar-refractivity contribution is 7.15. The molecule has 1 fully saturated rings. The first kappa shape index (κ1) is 11.7. The number of fused-ring (bicyclic) bond motifs is 1. The lowest BCUT2D eigenvalue weighted by Gasteiger charge is -2.09. The largest absolute Gasteiger partial charge is 0.368 e. The second-order valence-electron chi connectivity index (χ2n) is 4.37. The minimum absolute atomic E-state index is 0.00789. The Kier molecular flexibility index (Phi) is 3.29. The summed E-state index contributed by atoms with van der Waals surface area (Å²) < 4.78 is 7.32. The Morgan fingerprint density at radius 1 is 1.67 bits per heavy atom. The maximum atomic E-state index is 11.7. The molecule has 2 aromatic rings. The summed E-state index contributed by atoms with van der Waals surface area (Å²) in [5.41, 5.74) is 1.01. The van der Waals surface area contributed by atoms with Crippen LogP contribution in [0.5, 0.6) is 0 Å². The molecule has 96 valence electrons. The minimum Gasteiger partial charge on any atom is -0.368 e. The molecule has 18 heavy (non-hydrogen) atoms. The standard InChI is InChI=1S/C12H15N3O2S/c16-11(10-2-1-6-17-10)13-4-3-9-8-15-5-7-18-12(15)14-9/h5,7-8,10H,1-4,6H2,(H,13,16)/t10-/m0/s1. The highest BCUT2D eigenvalue weighted by Crippen LogP contribution is 2.12. The van der Waals surface area contributed by atoms with E-state index in [0.29, 0.717) is 13.2 Å². The van der Waals surface area contributed by atoms with E-state index in [4.69, 9.17) is 4.74 Å². The van der Waals surface area contributed by atoms with E-state index in [9.17, 15) is 4.79 Å². The zero-order valence-electron chi connectivity index (χ0n) is 9.96. The lowest BCUT2D eigenvalue weighted by atomic mass is 10.2. The SMILES string of the molecule is O=C(NCCc1cn2ccsc2n1)[C@@H]1CCCO1. The molecule has 0 aromatic carbocycles. The van der Waals surface area contributed by atoms with Crippen LogP contribution < -0.4 is 5.32 Å². The molecule has 1 N–H and O–H groups in total. The summed E-state index contributed by atoms with van der Waals surface area (Å²) in [7, 11) is 0. The van der Waals surface area contributed by atoms with Gasteiger partial charge in [0.1, 0.15) is 6.10 Å². The van der Waals surface area contributed by atoms with E-state index in [1.54, 1.807) is 11.3 Å². The van der Waals surface area contributed by atoms with Crippen molar-refractivity contribution < 1.29 is 9.53 Å². The summed E-state index contributed by atoms with van der Waals surface area (Å²) in [5, 5.41) is 4.91. The molecule has 0 spiro atoms. The van der Waals surface area contributed by atoms with Crippen LogP contribution in [0.3, 0.4) is 0 Å². The van der Waals surface area contributed by atoms with Crippen LogP contribution in [0.2, 0.25) is 0 Å². The highest BCUT2D eigenvalue weighted by Gasteiger charge is 2.22. The normalized spacial score (nSPS) is 19.4. The number of imidazole rings is 1. The van der Waals surface area contributed by atoms with Crippen molar-refractivity contribution in [3.8, 4) is 0 Å². The molecule has 1 saturated heterocycles. The van der Waals surface area contributed by atoms with Gasteiger partial charge in [0.05, 0.1) is 5.69 Å². The number of thiazole rings is 1. The molecule has 5 nitrogen and oxygen atoms in total. The summed E-state index contributed by atoms with van der Waals surface area (Å²) in [4.78, 5) is 17.2. The van der Waals surface area contributed by atoms with Crippen molar-refractivity contribution in [2.45, 2.75) is 25.4 Å². The Hall–Kier alpha value is -1.40. The molecule has 3 heterocycles. The second-order valence-corrected chi connectivity index (χ2v) is 5.24. The Balaban J connectivity index is 1.49. The average molecular weight is 265 g/mol. The van der Waals surface area contributed by atoms with E-state index in [1.807, 2.05) is 22.2 Å². The van der Waals surface area contributed by atoms with Crippen molar-refractivity contribution in [2.24, 2.45) is 0 Å². The summed E-state index contributed by atoms with van der Waals surface area (Å²) in [6.07, 6.45) is 6.33. The molecule has 1 aliphatic heterocycles. The molecule has 3 rings (SSSR count). The van der Waals surface area contributed by atoms with Crippen LogP contribution in [0.15, 0.2) is 17.8 Å². The van der Waals surface area contributed by atoms with Crippen molar-refractivity contribution in [1.29, 1.82) is 0 Å². The molecule has 0 saturated carbocycles. The van der Waals surface area contributed by atoms with Gasteiger partial charge in [0.25, 0.3) is 0 Å². The van der Waals surface area contributed by atoms with Crippen LogP contribution in [0, 0.1) is 0 Å². The number of hydrogen-bond acceptors (Lipinski definition) is 4. The minimum atomic E-state index is -0.240. The Labute approximate surface area is 109 Å². The third-order valence-electron chi connectivity index (χ3n) is 3.05. The molecular weight excluding hydrogens is 250 g/mol. The first-order valence-electron chi connectivity index (χ1n) is 6.13. The van der Waals surface area contributed by atoms with Gasteiger partial charge in [-0.3, -0.25) is 9.20 Å². The number of ether oxygens (including phenoxy) is 1. The first-order valence-corrected chi connectivity index (χ1v) is 7.01. The topological polar surface area (TPSA) is 55.6 Å². The van der Waals surface area contributed by atoms with E-state index >= 15 is 0 Å². The number of hydrogen-bond donors (Lipinski definition) is 1. The fourth-order valence-corrected chi connectivity index (χ4v) is 2.83. The summed E-state index contributed by atoms with van der Waals surface area (Å²) in [6, 6.07) is 0. The van der Waals surface area contributed by atoms with Gasteiger partial charge in [0.2, 0.25) is 5.91 Å². The molecule has 1 amide bonds. The van der Waals surface area contributed by atoms with Crippen molar-refractivity contribution >= 4 is 22.2 Å². The molecule has 0 unspecified atom stereocenters. The molecule has 0 aliphatic carbocycles. The third-order valence-corrected chi connectivity index (χ3v) is 3.82. The van der Waals surface area contributed by atoms with Gasteiger partial charge >= 0.3 is 0 Å². The van der Waals surface area contributed by atoms with Crippen molar-refractivity contribution in [3.63, 3.8) is 0 Å². The maximum Gasteiger partial charge on any atom is 0.249 e. The fraction of sp³-hybridized carbons (Fsp3) is 0.500. The number of carbonyl (C=O) groups excluding carboxylic acids is 1. The van der Waals surface area contributed by atoms with E-state index in [1.165, 1.54) is 0 Å². The molecule has 1 aliphatic rings. The summed E-state index contributed by atoms with van der Waals surface area (Å²) in [6.45, 7) is 1.32. The van der Waals surface area contributed by atoms with Gasteiger partial charge in [0, 0.05) is 37.3 Å². The summed E-state index contributed by atoms with van der Waals surface area (Å²) >= 11 is 1.61. The van der Waals surface area contributed by atoms with E-state index in [2.05, 4.69) is 10.3 Å². The highest BCUT2D eigenvalue weighted by atomic mass is 32.1. The van der Waals surface area contributed by atoms with Crippen LogP contribution in [0.25, 0.3) is 4.96 Å². The number of amides is 1. The van der Waals surface area contributed by atoms with Crippen LogP contribution in [0.4, 0.5) is 0 Å². The third kappa shape index (κ3) is 2.39. The average Bonchev–Trinajstić information content (AvgIpc) is 3.05. The summed E-state index contributed by atoms with van der Waals surface area (Å²) in [5.74, 6) is 0.00789. The number of nitrogens with zero attached hydrogens (tertiary/aromatic N) is 2. The predicted octanol–water partition coefficient (Wildman–Crippen LogP) is 1.23. The first-order chi connectivity index (χ1) is 8.83. The van der Waals surface area contributed by atoms with Gasteiger partial charge in [-0.25, -0.2) is 4.98 Å². The van der Waals surface area contributed by atoms with Crippen molar-refractivity contribution in [3.05, 3.63) is 23.5 Å². The van der Waals surface area contributed by atoms with Crippen LogP contribution in [0.1, 0.15) is 18.5 Å². The Bertz CT molecular complexity index is 514.